The van der Waals surface area contributed by atoms with Gasteiger partial charge in [0.05, 0.1) is 6.10 Å². The van der Waals surface area contributed by atoms with Crippen LogP contribution in [-0.2, 0) is 0 Å². The predicted octanol–water partition coefficient (Wildman–Crippen LogP) is 2.33. The third-order valence-corrected chi connectivity index (χ3v) is 3.84. The van der Waals surface area contributed by atoms with Crippen molar-refractivity contribution in [3.63, 3.8) is 0 Å². The quantitative estimate of drug-likeness (QED) is 0.547. The standard InChI is InChI=1S/C14H26N6O/c1-4-10-5-7-11(8-6-10)16-12-17-13(20-15)19-14(18-12)21-9(2)3/h9-11H,4-8,15H2,1-3H3,(H2,16,17,18,19,20). The van der Waals surface area contributed by atoms with E-state index in [0.29, 0.717) is 17.9 Å². The normalized spacial score (nSPS) is 22.1. The van der Waals surface area contributed by atoms with E-state index in [4.69, 9.17) is 10.6 Å². The van der Waals surface area contributed by atoms with Gasteiger partial charge in [-0.15, -0.1) is 0 Å². The molecule has 7 heteroatoms. The molecule has 1 heterocycles. The maximum atomic E-state index is 5.52. The number of anilines is 2. The SMILES string of the molecule is CCC1CCC(Nc2nc(NN)nc(OC(C)C)n2)CC1. The fraction of sp³-hybridized carbons (Fsp3) is 0.786. The highest BCUT2D eigenvalue weighted by molar-refractivity contribution is 5.35. The highest BCUT2D eigenvalue weighted by Crippen LogP contribution is 2.28. The van der Waals surface area contributed by atoms with Gasteiger partial charge in [-0.25, -0.2) is 5.84 Å². The molecule has 7 nitrogen and oxygen atoms in total. The summed E-state index contributed by atoms with van der Waals surface area (Å²) in [5, 5.41) is 3.38. The Morgan fingerprint density at radius 2 is 1.81 bits per heavy atom. The minimum Gasteiger partial charge on any atom is -0.461 e. The average Bonchev–Trinajstić information content (AvgIpc) is 2.47. The summed E-state index contributed by atoms with van der Waals surface area (Å²) in [6.07, 6.45) is 6.09. The van der Waals surface area contributed by atoms with Gasteiger partial charge in [0.2, 0.25) is 11.9 Å². The molecule has 0 amide bonds. The van der Waals surface area contributed by atoms with Crippen LogP contribution in [0.1, 0.15) is 52.9 Å². The zero-order valence-corrected chi connectivity index (χ0v) is 13.1. The second-order valence-electron chi connectivity index (χ2n) is 5.85. The minimum atomic E-state index is 0.00543. The first-order valence-electron chi connectivity index (χ1n) is 7.76. The van der Waals surface area contributed by atoms with E-state index >= 15 is 0 Å². The summed E-state index contributed by atoms with van der Waals surface area (Å²) in [6, 6.07) is 0.699. The van der Waals surface area contributed by atoms with E-state index in [2.05, 4.69) is 32.6 Å². The van der Waals surface area contributed by atoms with E-state index in [1.165, 1.54) is 19.3 Å². The summed E-state index contributed by atoms with van der Waals surface area (Å²) in [5.74, 6) is 7.10. The molecule has 1 fully saturated rings. The second kappa shape index (κ2) is 7.40. The number of rotatable bonds is 6. The maximum Gasteiger partial charge on any atom is 0.323 e. The Balaban J connectivity index is 2.01. The van der Waals surface area contributed by atoms with E-state index in [9.17, 15) is 0 Å². The summed E-state index contributed by atoms with van der Waals surface area (Å²) in [4.78, 5) is 12.6. The topological polar surface area (TPSA) is 98.0 Å². The van der Waals surface area contributed by atoms with Crippen LogP contribution in [-0.4, -0.2) is 27.1 Å². The Morgan fingerprint density at radius 1 is 1.14 bits per heavy atom. The summed E-state index contributed by atoms with van der Waals surface area (Å²) in [5.41, 5.74) is 2.45. The zero-order valence-electron chi connectivity index (χ0n) is 13.1. The highest BCUT2D eigenvalue weighted by atomic mass is 16.5. The molecule has 1 saturated carbocycles. The van der Waals surface area contributed by atoms with E-state index < -0.39 is 0 Å². The number of nitrogens with one attached hydrogen (secondary N) is 2. The molecule has 1 aromatic heterocycles. The molecule has 1 aliphatic carbocycles. The average molecular weight is 294 g/mol. The van der Waals surface area contributed by atoms with Gasteiger partial charge in [-0.2, -0.15) is 15.0 Å². The monoisotopic (exact) mass is 294 g/mol. The van der Waals surface area contributed by atoms with Gasteiger partial charge in [0.15, 0.2) is 0 Å². The van der Waals surface area contributed by atoms with Crippen molar-refractivity contribution in [3.05, 3.63) is 0 Å². The van der Waals surface area contributed by atoms with Crippen LogP contribution in [0.25, 0.3) is 0 Å². The lowest BCUT2D eigenvalue weighted by Gasteiger charge is -2.28. The third-order valence-electron chi connectivity index (χ3n) is 3.84. The van der Waals surface area contributed by atoms with E-state index in [1.807, 2.05) is 13.8 Å². The number of nitrogen functional groups attached to an aromatic ring is 1. The molecule has 1 aromatic rings. The van der Waals surface area contributed by atoms with Crippen LogP contribution in [0, 0.1) is 5.92 Å². The molecule has 0 aromatic carbocycles. The first kappa shape index (κ1) is 15.8. The molecule has 0 radical (unpaired) electrons. The molecule has 0 saturated heterocycles. The van der Waals surface area contributed by atoms with Crippen molar-refractivity contribution in [1.29, 1.82) is 0 Å². The Kier molecular flexibility index (Phi) is 5.55. The van der Waals surface area contributed by atoms with Crippen LogP contribution in [0.3, 0.4) is 0 Å². The molecule has 0 aliphatic heterocycles. The van der Waals surface area contributed by atoms with Gasteiger partial charge in [-0.05, 0) is 45.4 Å². The second-order valence-corrected chi connectivity index (χ2v) is 5.85. The zero-order chi connectivity index (χ0) is 15.2. The molecule has 2 rings (SSSR count). The van der Waals surface area contributed by atoms with Crippen LogP contribution in [0.5, 0.6) is 6.01 Å². The predicted molar refractivity (Wildman–Crippen MR) is 83.1 cm³/mol. The molecular formula is C14H26N6O. The number of nitrogens with zero attached hydrogens (tertiary/aromatic N) is 3. The van der Waals surface area contributed by atoms with Crippen molar-refractivity contribution in [2.45, 2.75) is 65.0 Å². The van der Waals surface area contributed by atoms with E-state index in [1.54, 1.807) is 0 Å². The van der Waals surface area contributed by atoms with Gasteiger partial charge < -0.3 is 10.1 Å². The molecular weight excluding hydrogens is 268 g/mol. The fourth-order valence-electron chi connectivity index (χ4n) is 2.65. The van der Waals surface area contributed by atoms with Crippen LogP contribution < -0.4 is 21.3 Å². The van der Waals surface area contributed by atoms with Gasteiger partial charge >= 0.3 is 6.01 Å². The summed E-state index contributed by atoms with van der Waals surface area (Å²) < 4.78 is 5.52. The van der Waals surface area contributed by atoms with Crippen molar-refractivity contribution in [1.82, 2.24) is 15.0 Å². The lowest BCUT2D eigenvalue weighted by Crippen LogP contribution is -2.27. The molecule has 21 heavy (non-hydrogen) atoms. The first-order chi connectivity index (χ1) is 10.1. The highest BCUT2D eigenvalue weighted by Gasteiger charge is 2.21. The van der Waals surface area contributed by atoms with Gasteiger partial charge in [0, 0.05) is 6.04 Å². The Bertz CT molecular complexity index is 445. The van der Waals surface area contributed by atoms with Crippen LogP contribution in [0.15, 0.2) is 0 Å². The first-order valence-corrected chi connectivity index (χ1v) is 7.76. The number of hydrogen-bond acceptors (Lipinski definition) is 7. The Morgan fingerprint density at radius 3 is 2.38 bits per heavy atom. The minimum absolute atomic E-state index is 0.00543. The van der Waals surface area contributed by atoms with Crippen molar-refractivity contribution in [2.75, 3.05) is 10.7 Å². The third kappa shape index (κ3) is 4.70. The molecule has 118 valence electrons. The number of hydrazine groups is 1. The molecule has 0 atom stereocenters. The van der Waals surface area contributed by atoms with Gasteiger partial charge in [-0.1, -0.05) is 13.3 Å². The molecule has 0 unspecified atom stereocenters. The van der Waals surface area contributed by atoms with Crippen LogP contribution >= 0.6 is 0 Å². The lowest BCUT2D eigenvalue weighted by molar-refractivity contribution is 0.222. The fourth-order valence-corrected chi connectivity index (χ4v) is 2.65. The smallest absolute Gasteiger partial charge is 0.323 e. The van der Waals surface area contributed by atoms with Crippen molar-refractivity contribution >= 4 is 11.9 Å². The summed E-state index contributed by atoms with van der Waals surface area (Å²) in [6.45, 7) is 6.12. The van der Waals surface area contributed by atoms with Gasteiger partial charge in [0.1, 0.15) is 0 Å². The van der Waals surface area contributed by atoms with Gasteiger partial charge in [-0.3, -0.25) is 5.43 Å². The van der Waals surface area contributed by atoms with Crippen molar-refractivity contribution in [3.8, 4) is 6.01 Å². The number of hydrogen-bond donors (Lipinski definition) is 3. The maximum absolute atomic E-state index is 5.52. The van der Waals surface area contributed by atoms with E-state index in [-0.39, 0.29) is 12.1 Å². The number of ether oxygens (including phenoxy) is 1. The van der Waals surface area contributed by atoms with E-state index in [0.717, 1.165) is 18.8 Å². The number of nitrogens with two attached hydrogens (primary N) is 1. The number of aromatic nitrogens is 3. The molecule has 4 N–H and O–H groups in total. The van der Waals surface area contributed by atoms with Crippen molar-refractivity contribution in [2.24, 2.45) is 11.8 Å². The Labute approximate surface area is 126 Å². The molecule has 0 spiro atoms. The van der Waals surface area contributed by atoms with Crippen LogP contribution in [0.2, 0.25) is 0 Å². The van der Waals surface area contributed by atoms with Crippen molar-refractivity contribution < 1.29 is 4.74 Å². The summed E-state index contributed by atoms with van der Waals surface area (Å²) in [7, 11) is 0. The van der Waals surface area contributed by atoms with Crippen LogP contribution in [0.4, 0.5) is 11.9 Å². The lowest BCUT2D eigenvalue weighted by atomic mass is 9.85. The molecule has 1 aliphatic rings. The largest absolute Gasteiger partial charge is 0.461 e. The molecule has 0 bridgehead atoms. The van der Waals surface area contributed by atoms with Gasteiger partial charge in [0.25, 0.3) is 0 Å². The summed E-state index contributed by atoms with van der Waals surface area (Å²) >= 11 is 0. The Hall–Kier alpha value is -1.63.